The summed E-state index contributed by atoms with van der Waals surface area (Å²) in [7, 11) is 0. The van der Waals surface area contributed by atoms with Crippen molar-refractivity contribution in [2.24, 2.45) is 0 Å². The van der Waals surface area contributed by atoms with Crippen LogP contribution in [-0.4, -0.2) is 18.3 Å². The predicted molar refractivity (Wildman–Crippen MR) is 105 cm³/mol. The van der Waals surface area contributed by atoms with Crippen LogP contribution in [0.15, 0.2) is 56.6 Å². The van der Waals surface area contributed by atoms with Crippen molar-refractivity contribution in [3.8, 4) is 5.75 Å². The van der Waals surface area contributed by atoms with Crippen LogP contribution in [0.1, 0.15) is 23.6 Å². The van der Waals surface area contributed by atoms with E-state index in [0.29, 0.717) is 11.3 Å². The molecule has 0 fully saturated rings. The van der Waals surface area contributed by atoms with Crippen LogP contribution >= 0.6 is 11.8 Å². The number of fused-ring (bicyclic) bond motifs is 2. The van der Waals surface area contributed by atoms with E-state index in [1.165, 1.54) is 18.2 Å². The van der Waals surface area contributed by atoms with Gasteiger partial charge >= 0.3 is 5.63 Å². The highest BCUT2D eigenvalue weighted by molar-refractivity contribution is 7.99. The number of benzene rings is 2. The topological polar surface area (TPSA) is 68.5 Å². The highest BCUT2D eigenvalue weighted by Gasteiger charge is 2.23. The van der Waals surface area contributed by atoms with Gasteiger partial charge in [0.25, 0.3) is 5.91 Å². The van der Waals surface area contributed by atoms with Gasteiger partial charge < -0.3 is 14.5 Å². The SMILES string of the molecule is Cc1cc(=O)oc2cc(OCC(=O)NC3CCSc4ccc(F)cc43)ccc12. The van der Waals surface area contributed by atoms with Crippen LogP contribution in [0.2, 0.25) is 0 Å². The second-order valence-corrected chi connectivity index (χ2v) is 7.77. The Hall–Kier alpha value is -2.80. The average Bonchev–Trinajstić information content (AvgIpc) is 2.66. The number of halogens is 1. The molecule has 0 aliphatic carbocycles. The standard InChI is InChI=1S/C21H18FNO4S/c1-12-8-21(25)27-18-10-14(3-4-15(12)18)26-11-20(24)23-17-6-7-28-19-5-2-13(22)9-16(17)19/h2-5,8-10,17H,6-7,11H2,1H3,(H,23,24). The smallest absolute Gasteiger partial charge is 0.336 e. The quantitative estimate of drug-likeness (QED) is 0.673. The molecule has 1 aliphatic rings. The van der Waals surface area contributed by atoms with Crippen LogP contribution in [-0.2, 0) is 4.79 Å². The molecule has 5 nitrogen and oxygen atoms in total. The van der Waals surface area contributed by atoms with Gasteiger partial charge in [0.1, 0.15) is 17.1 Å². The summed E-state index contributed by atoms with van der Waals surface area (Å²) >= 11 is 1.66. The number of amides is 1. The molecular weight excluding hydrogens is 381 g/mol. The molecule has 0 saturated carbocycles. The Kier molecular flexibility index (Phi) is 5.09. The van der Waals surface area contributed by atoms with E-state index in [9.17, 15) is 14.0 Å². The minimum absolute atomic E-state index is 0.185. The third kappa shape index (κ3) is 3.89. The van der Waals surface area contributed by atoms with Gasteiger partial charge in [-0.3, -0.25) is 4.79 Å². The van der Waals surface area contributed by atoms with Crippen LogP contribution in [0, 0.1) is 12.7 Å². The van der Waals surface area contributed by atoms with E-state index in [-0.39, 0.29) is 24.4 Å². The summed E-state index contributed by atoms with van der Waals surface area (Å²) in [6.07, 6.45) is 0.729. The zero-order valence-corrected chi connectivity index (χ0v) is 16.0. The Morgan fingerprint density at radius 2 is 2.14 bits per heavy atom. The van der Waals surface area contributed by atoms with E-state index in [1.807, 2.05) is 6.92 Å². The Morgan fingerprint density at radius 1 is 1.29 bits per heavy atom. The van der Waals surface area contributed by atoms with Gasteiger partial charge in [-0.25, -0.2) is 9.18 Å². The van der Waals surface area contributed by atoms with E-state index in [1.54, 1.807) is 36.0 Å². The molecule has 4 rings (SSSR count). The van der Waals surface area contributed by atoms with E-state index < -0.39 is 5.63 Å². The molecular formula is C21H18FNO4S. The van der Waals surface area contributed by atoms with Gasteiger partial charge in [-0.05, 0) is 54.8 Å². The molecule has 0 radical (unpaired) electrons. The second kappa shape index (κ2) is 7.67. The number of hydrogen-bond acceptors (Lipinski definition) is 5. The number of carbonyl (C=O) groups excluding carboxylic acids is 1. The maximum atomic E-state index is 13.6. The fourth-order valence-corrected chi connectivity index (χ4v) is 4.40. The summed E-state index contributed by atoms with van der Waals surface area (Å²) < 4.78 is 24.3. The van der Waals surface area contributed by atoms with Crippen molar-refractivity contribution < 1.29 is 18.3 Å². The fourth-order valence-electron chi connectivity index (χ4n) is 3.30. The molecule has 144 valence electrons. The second-order valence-electron chi connectivity index (χ2n) is 6.63. The number of ether oxygens (including phenoxy) is 1. The number of thioether (sulfide) groups is 1. The van der Waals surface area contributed by atoms with Crippen LogP contribution in [0.5, 0.6) is 5.75 Å². The van der Waals surface area contributed by atoms with Crippen molar-refractivity contribution >= 4 is 28.6 Å². The lowest BCUT2D eigenvalue weighted by Crippen LogP contribution is -2.34. The van der Waals surface area contributed by atoms with Crippen molar-refractivity contribution in [1.29, 1.82) is 0 Å². The molecule has 1 N–H and O–H groups in total. The van der Waals surface area contributed by atoms with Crippen LogP contribution in [0.25, 0.3) is 11.0 Å². The van der Waals surface area contributed by atoms with Gasteiger partial charge in [-0.15, -0.1) is 11.8 Å². The molecule has 0 bridgehead atoms. The number of hydrogen-bond donors (Lipinski definition) is 1. The van der Waals surface area contributed by atoms with Gasteiger partial charge in [0.15, 0.2) is 6.61 Å². The summed E-state index contributed by atoms with van der Waals surface area (Å²) in [5, 5.41) is 3.73. The number of rotatable bonds is 4. The first-order valence-electron chi connectivity index (χ1n) is 8.88. The highest BCUT2D eigenvalue weighted by atomic mass is 32.2. The van der Waals surface area contributed by atoms with E-state index in [0.717, 1.165) is 33.6 Å². The van der Waals surface area contributed by atoms with Gasteiger partial charge in [0, 0.05) is 28.2 Å². The molecule has 2 heterocycles. The van der Waals surface area contributed by atoms with Crippen molar-refractivity contribution in [3.63, 3.8) is 0 Å². The molecule has 1 aromatic heterocycles. The fraction of sp³-hybridized carbons (Fsp3) is 0.238. The predicted octanol–water partition coefficient (Wildman–Crippen LogP) is 3.97. The summed E-state index contributed by atoms with van der Waals surface area (Å²) in [5.74, 6) is 0.678. The minimum Gasteiger partial charge on any atom is -0.484 e. The third-order valence-corrected chi connectivity index (χ3v) is 5.76. The highest BCUT2D eigenvalue weighted by Crippen LogP contribution is 2.36. The Labute approximate surface area is 164 Å². The molecule has 1 unspecified atom stereocenters. The van der Waals surface area contributed by atoms with Crippen LogP contribution in [0.3, 0.4) is 0 Å². The first-order valence-corrected chi connectivity index (χ1v) is 9.87. The lowest BCUT2D eigenvalue weighted by Gasteiger charge is -2.26. The first kappa shape index (κ1) is 18.6. The zero-order chi connectivity index (χ0) is 19.7. The molecule has 7 heteroatoms. The maximum absolute atomic E-state index is 13.6. The number of carbonyl (C=O) groups is 1. The van der Waals surface area contributed by atoms with Crippen molar-refractivity contribution in [2.45, 2.75) is 24.3 Å². The molecule has 1 atom stereocenters. The Bertz CT molecular complexity index is 1110. The maximum Gasteiger partial charge on any atom is 0.336 e. The first-order chi connectivity index (χ1) is 13.5. The lowest BCUT2D eigenvalue weighted by molar-refractivity contribution is -0.123. The number of nitrogens with one attached hydrogen (secondary N) is 1. The van der Waals surface area contributed by atoms with E-state index >= 15 is 0 Å². The molecule has 3 aromatic rings. The van der Waals surface area contributed by atoms with E-state index in [4.69, 9.17) is 9.15 Å². The van der Waals surface area contributed by atoms with Gasteiger partial charge in [0.2, 0.25) is 0 Å². The summed E-state index contributed by atoms with van der Waals surface area (Å²) in [4.78, 5) is 24.9. The average molecular weight is 399 g/mol. The molecule has 28 heavy (non-hydrogen) atoms. The molecule has 2 aromatic carbocycles. The van der Waals surface area contributed by atoms with Crippen molar-refractivity contribution in [2.75, 3.05) is 12.4 Å². The number of aryl methyl sites for hydroxylation is 1. The monoisotopic (exact) mass is 399 g/mol. The summed E-state index contributed by atoms with van der Waals surface area (Å²) in [6.45, 7) is 1.65. The zero-order valence-electron chi connectivity index (χ0n) is 15.2. The molecule has 1 aliphatic heterocycles. The Morgan fingerprint density at radius 3 is 3.00 bits per heavy atom. The summed E-state index contributed by atoms with van der Waals surface area (Å²) in [6, 6.07) is 11.0. The molecule has 1 amide bonds. The van der Waals surface area contributed by atoms with Gasteiger partial charge in [-0.2, -0.15) is 0 Å². The van der Waals surface area contributed by atoms with Crippen molar-refractivity contribution in [3.05, 3.63) is 69.8 Å². The normalized spacial score (nSPS) is 15.9. The Balaban J connectivity index is 1.44. The van der Waals surface area contributed by atoms with E-state index in [2.05, 4.69) is 5.32 Å². The largest absolute Gasteiger partial charge is 0.484 e. The molecule has 0 saturated heterocycles. The lowest BCUT2D eigenvalue weighted by atomic mass is 10.0. The summed E-state index contributed by atoms with van der Waals surface area (Å²) in [5.41, 5.74) is 1.60. The van der Waals surface area contributed by atoms with Gasteiger partial charge in [0.05, 0.1) is 6.04 Å². The van der Waals surface area contributed by atoms with Crippen LogP contribution in [0.4, 0.5) is 4.39 Å². The van der Waals surface area contributed by atoms with Crippen molar-refractivity contribution in [1.82, 2.24) is 5.32 Å². The van der Waals surface area contributed by atoms with Gasteiger partial charge in [-0.1, -0.05) is 0 Å². The molecule has 0 spiro atoms. The third-order valence-electron chi connectivity index (χ3n) is 4.64. The van der Waals surface area contributed by atoms with Crippen LogP contribution < -0.4 is 15.7 Å². The minimum atomic E-state index is -0.430.